The maximum Gasteiger partial charge on any atom is 0.411 e. The number of ether oxygens (including phenoxy) is 1. The summed E-state index contributed by atoms with van der Waals surface area (Å²) < 4.78 is 5.42. The lowest BCUT2D eigenvalue weighted by Gasteiger charge is -2.40. The molecule has 0 aromatic rings. The topological polar surface area (TPSA) is 46.6 Å². The molecule has 0 fully saturated rings. The third-order valence-electron chi connectivity index (χ3n) is 2.51. The average molecular weight is 271 g/mol. The maximum atomic E-state index is 12.3. The van der Waals surface area contributed by atoms with Crippen LogP contribution in [-0.2, 0) is 9.53 Å². The van der Waals surface area contributed by atoms with E-state index < -0.39 is 23.3 Å². The zero-order valence-corrected chi connectivity index (χ0v) is 13.6. The Morgan fingerprint density at radius 1 is 1.16 bits per heavy atom. The fourth-order valence-corrected chi connectivity index (χ4v) is 1.92. The van der Waals surface area contributed by atoms with E-state index in [1.807, 2.05) is 55.4 Å². The number of carbonyl (C=O) groups excluding carboxylic acids is 2. The Morgan fingerprint density at radius 3 is 1.89 bits per heavy atom. The SMILES string of the molecule is CC(C)CC(C=O)N(C(=O)OC(C)(C)C)C(C)(C)C. The quantitative estimate of drug-likeness (QED) is 0.733. The summed E-state index contributed by atoms with van der Waals surface area (Å²) >= 11 is 0. The van der Waals surface area contributed by atoms with Crippen LogP contribution in [0.1, 0.15) is 61.8 Å². The van der Waals surface area contributed by atoms with Gasteiger partial charge in [-0.2, -0.15) is 0 Å². The minimum atomic E-state index is -0.564. The number of amides is 1. The molecule has 112 valence electrons. The van der Waals surface area contributed by atoms with Gasteiger partial charge in [-0.3, -0.25) is 4.90 Å². The van der Waals surface area contributed by atoms with E-state index in [1.165, 1.54) is 0 Å². The molecule has 4 heteroatoms. The first-order valence-electron chi connectivity index (χ1n) is 6.86. The lowest BCUT2D eigenvalue weighted by atomic mass is 9.98. The van der Waals surface area contributed by atoms with Gasteiger partial charge in [0.2, 0.25) is 0 Å². The Hall–Kier alpha value is -1.06. The van der Waals surface area contributed by atoms with E-state index >= 15 is 0 Å². The van der Waals surface area contributed by atoms with E-state index in [2.05, 4.69) is 0 Å². The fraction of sp³-hybridized carbons (Fsp3) is 0.867. The van der Waals surface area contributed by atoms with Crippen molar-refractivity contribution < 1.29 is 14.3 Å². The Morgan fingerprint density at radius 2 is 1.63 bits per heavy atom. The summed E-state index contributed by atoms with van der Waals surface area (Å²) in [7, 11) is 0. The predicted molar refractivity (Wildman–Crippen MR) is 77.1 cm³/mol. The van der Waals surface area contributed by atoms with Crippen LogP contribution >= 0.6 is 0 Å². The van der Waals surface area contributed by atoms with Gasteiger partial charge < -0.3 is 9.53 Å². The molecule has 0 aromatic heterocycles. The van der Waals surface area contributed by atoms with Gasteiger partial charge in [-0.15, -0.1) is 0 Å². The second-order valence-corrected chi connectivity index (χ2v) is 7.35. The molecule has 0 bridgehead atoms. The Kier molecular flexibility index (Phi) is 6.04. The molecule has 0 saturated carbocycles. The van der Waals surface area contributed by atoms with Crippen LogP contribution in [0.25, 0.3) is 0 Å². The molecule has 1 amide bonds. The Balaban J connectivity index is 5.21. The van der Waals surface area contributed by atoms with Crippen LogP contribution in [0.5, 0.6) is 0 Å². The largest absolute Gasteiger partial charge is 0.444 e. The smallest absolute Gasteiger partial charge is 0.411 e. The van der Waals surface area contributed by atoms with Gasteiger partial charge in [-0.1, -0.05) is 13.8 Å². The van der Waals surface area contributed by atoms with Gasteiger partial charge >= 0.3 is 6.09 Å². The van der Waals surface area contributed by atoms with Crippen LogP contribution in [-0.4, -0.2) is 34.5 Å². The third-order valence-corrected chi connectivity index (χ3v) is 2.51. The van der Waals surface area contributed by atoms with Gasteiger partial charge in [0.1, 0.15) is 11.9 Å². The first-order valence-corrected chi connectivity index (χ1v) is 6.86. The molecule has 4 nitrogen and oxygen atoms in total. The molecule has 0 aliphatic rings. The van der Waals surface area contributed by atoms with Crippen LogP contribution in [0.2, 0.25) is 0 Å². The van der Waals surface area contributed by atoms with Crippen LogP contribution in [0.4, 0.5) is 4.79 Å². The second kappa shape index (κ2) is 6.40. The molecule has 0 aliphatic heterocycles. The lowest BCUT2D eigenvalue weighted by Crippen LogP contribution is -2.54. The van der Waals surface area contributed by atoms with Crippen molar-refractivity contribution in [3.63, 3.8) is 0 Å². The molecule has 0 spiro atoms. The number of hydrogen-bond donors (Lipinski definition) is 0. The number of hydrogen-bond acceptors (Lipinski definition) is 3. The van der Waals surface area contributed by atoms with E-state index in [-0.39, 0.29) is 0 Å². The van der Waals surface area contributed by atoms with Gasteiger partial charge in [0.15, 0.2) is 0 Å². The maximum absolute atomic E-state index is 12.3. The van der Waals surface area contributed by atoms with Gasteiger partial charge in [-0.05, 0) is 53.9 Å². The Bertz CT molecular complexity index is 310. The van der Waals surface area contributed by atoms with Gasteiger partial charge in [0, 0.05) is 5.54 Å². The molecule has 0 heterocycles. The first kappa shape index (κ1) is 17.9. The van der Waals surface area contributed by atoms with Crippen molar-refractivity contribution in [3.8, 4) is 0 Å². The molecule has 1 atom stereocenters. The standard InChI is InChI=1S/C15H29NO3/c1-11(2)9-12(10-17)16(14(3,4)5)13(18)19-15(6,7)8/h10-12H,9H2,1-8H3. The third kappa shape index (κ3) is 6.60. The first-order chi connectivity index (χ1) is 8.38. The molecular formula is C15H29NO3. The highest BCUT2D eigenvalue weighted by Crippen LogP contribution is 2.23. The zero-order valence-electron chi connectivity index (χ0n) is 13.6. The summed E-state index contributed by atoms with van der Waals surface area (Å²) in [6, 6.07) is -0.449. The zero-order chi connectivity index (χ0) is 15.4. The van der Waals surface area contributed by atoms with E-state index in [0.29, 0.717) is 12.3 Å². The van der Waals surface area contributed by atoms with Crippen LogP contribution < -0.4 is 0 Å². The van der Waals surface area contributed by atoms with Crippen molar-refractivity contribution in [2.24, 2.45) is 5.92 Å². The Labute approximate surface area is 117 Å². The van der Waals surface area contributed by atoms with Crippen molar-refractivity contribution >= 4 is 12.4 Å². The molecule has 0 radical (unpaired) electrons. The normalized spacial score (nSPS) is 14.2. The molecule has 1 unspecified atom stereocenters. The van der Waals surface area contributed by atoms with Crippen LogP contribution in [0.15, 0.2) is 0 Å². The summed E-state index contributed by atoms with van der Waals surface area (Å²) in [4.78, 5) is 25.2. The molecule has 19 heavy (non-hydrogen) atoms. The highest BCUT2D eigenvalue weighted by molar-refractivity contribution is 5.74. The fourth-order valence-electron chi connectivity index (χ4n) is 1.92. The number of nitrogens with zero attached hydrogens (tertiary/aromatic N) is 1. The second-order valence-electron chi connectivity index (χ2n) is 7.35. The molecule has 0 N–H and O–H groups in total. The van der Waals surface area contributed by atoms with Crippen molar-refractivity contribution in [2.45, 2.75) is 79.0 Å². The molecule has 0 saturated heterocycles. The molecule has 0 aliphatic carbocycles. The van der Waals surface area contributed by atoms with Crippen molar-refractivity contribution in [1.29, 1.82) is 0 Å². The summed E-state index contributed by atoms with van der Waals surface area (Å²) in [5.74, 6) is 0.336. The number of carbonyl (C=O) groups is 2. The van der Waals surface area contributed by atoms with Gasteiger partial charge in [-0.25, -0.2) is 4.79 Å². The van der Waals surface area contributed by atoms with Crippen molar-refractivity contribution in [2.75, 3.05) is 0 Å². The van der Waals surface area contributed by atoms with Crippen molar-refractivity contribution in [1.82, 2.24) is 4.90 Å². The highest BCUT2D eigenvalue weighted by Gasteiger charge is 2.36. The molecular weight excluding hydrogens is 242 g/mol. The van der Waals surface area contributed by atoms with Gasteiger partial charge in [0.25, 0.3) is 0 Å². The number of aldehydes is 1. The predicted octanol–water partition coefficient (Wildman–Crippen LogP) is 3.64. The van der Waals surface area contributed by atoms with E-state index in [4.69, 9.17) is 4.74 Å². The minimum absolute atomic E-state index is 0.336. The summed E-state index contributed by atoms with van der Waals surface area (Å²) in [5, 5.41) is 0. The summed E-state index contributed by atoms with van der Waals surface area (Å²) in [5.41, 5.74) is -1.02. The van der Waals surface area contributed by atoms with E-state index in [9.17, 15) is 9.59 Å². The molecule has 0 aromatic carbocycles. The monoisotopic (exact) mass is 271 g/mol. The van der Waals surface area contributed by atoms with E-state index in [0.717, 1.165) is 6.29 Å². The minimum Gasteiger partial charge on any atom is -0.444 e. The highest BCUT2D eigenvalue weighted by atomic mass is 16.6. The van der Waals surface area contributed by atoms with Crippen molar-refractivity contribution in [3.05, 3.63) is 0 Å². The van der Waals surface area contributed by atoms with Gasteiger partial charge in [0.05, 0.1) is 6.04 Å². The summed E-state index contributed by atoms with van der Waals surface area (Å²) in [6.07, 6.45) is 1.05. The number of rotatable bonds is 4. The van der Waals surface area contributed by atoms with E-state index in [1.54, 1.807) is 4.90 Å². The average Bonchev–Trinajstić information content (AvgIpc) is 2.10. The lowest BCUT2D eigenvalue weighted by molar-refractivity contribution is -0.115. The van der Waals surface area contributed by atoms with Crippen LogP contribution in [0, 0.1) is 5.92 Å². The summed E-state index contributed by atoms with van der Waals surface area (Å²) in [6.45, 7) is 15.3. The van der Waals surface area contributed by atoms with Crippen LogP contribution in [0.3, 0.4) is 0 Å². The molecule has 0 rings (SSSR count).